The smallest absolute Gasteiger partial charge is 0.273 e. The van der Waals surface area contributed by atoms with Gasteiger partial charge >= 0.3 is 0 Å². The summed E-state index contributed by atoms with van der Waals surface area (Å²) in [5, 5.41) is 4.60. The predicted molar refractivity (Wildman–Crippen MR) is 83.6 cm³/mol. The van der Waals surface area contributed by atoms with Crippen LogP contribution in [-0.4, -0.2) is 34.8 Å². The minimum atomic E-state index is -0.273. The molecule has 118 valence electrons. The van der Waals surface area contributed by atoms with Crippen molar-refractivity contribution in [2.45, 2.75) is 26.8 Å². The van der Waals surface area contributed by atoms with E-state index < -0.39 is 0 Å². The fourth-order valence-corrected chi connectivity index (χ4v) is 2.65. The normalized spacial score (nSPS) is 10.5. The Balaban J connectivity index is 1.97. The van der Waals surface area contributed by atoms with Gasteiger partial charge in [-0.3, -0.25) is 9.59 Å². The van der Waals surface area contributed by atoms with Gasteiger partial charge in [-0.25, -0.2) is 4.98 Å². The van der Waals surface area contributed by atoms with Crippen molar-refractivity contribution >= 4 is 23.2 Å². The summed E-state index contributed by atoms with van der Waals surface area (Å²) in [5.41, 5.74) is 0.235. The molecule has 0 aliphatic heterocycles. The summed E-state index contributed by atoms with van der Waals surface area (Å²) in [6.07, 6.45) is 1.69. The molecule has 0 saturated carbocycles. The molecular formula is C15H19N3O3S. The molecule has 2 rings (SSSR count). The average molecular weight is 321 g/mol. The largest absolute Gasteiger partial charge is 0.446 e. The van der Waals surface area contributed by atoms with E-state index in [1.165, 1.54) is 6.26 Å². The number of nitrogens with one attached hydrogen (secondary N) is 1. The lowest BCUT2D eigenvalue weighted by Crippen LogP contribution is -2.31. The summed E-state index contributed by atoms with van der Waals surface area (Å²) in [6, 6.07) is 3.87. The van der Waals surface area contributed by atoms with Crippen LogP contribution in [0.5, 0.6) is 0 Å². The first-order valence-electron chi connectivity index (χ1n) is 7.16. The van der Waals surface area contributed by atoms with Crippen LogP contribution in [-0.2, 0) is 17.8 Å². The minimum absolute atomic E-state index is 0.0164. The van der Waals surface area contributed by atoms with Gasteiger partial charge < -0.3 is 14.6 Å². The first kappa shape index (κ1) is 16.2. The number of oxazole rings is 1. The second-order valence-electron chi connectivity index (χ2n) is 4.65. The maximum absolute atomic E-state index is 12.3. The SMILES string of the molecule is CCNC(=O)c1coc(CN(CC)C(=O)Cc2cccs2)n1. The second kappa shape index (κ2) is 7.74. The van der Waals surface area contributed by atoms with Gasteiger partial charge in [-0.15, -0.1) is 11.3 Å². The number of amides is 2. The molecule has 0 aliphatic carbocycles. The Hall–Kier alpha value is -2.15. The highest BCUT2D eigenvalue weighted by Crippen LogP contribution is 2.12. The maximum Gasteiger partial charge on any atom is 0.273 e. The molecule has 0 fully saturated rings. The van der Waals surface area contributed by atoms with Crippen LogP contribution in [0.25, 0.3) is 0 Å². The highest BCUT2D eigenvalue weighted by atomic mass is 32.1. The van der Waals surface area contributed by atoms with E-state index in [0.717, 1.165) is 4.88 Å². The molecule has 2 aromatic heterocycles. The van der Waals surface area contributed by atoms with Crippen molar-refractivity contribution in [2.75, 3.05) is 13.1 Å². The minimum Gasteiger partial charge on any atom is -0.446 e. The Morgan fingerprint density at radius 2 is 2.23 bits per heavy atom. The van der Waals surface area contributed by atoms with Gasteiger partial charge in [-0.2, -0.15) is 0 Å². The van der Waals surface area contributed by atoms with Gasteiger partial charge in [0.2, 0.25) is 11.8 Å². The van der Waals surface area contributed by atoms with Crippen molar-refractivity contribution in [3.05, 3.63) is 40.2 Å². The molecule has 6 nitrogen and oxygen atoms in total. The third-order valence-corrected chi connectivity index (χ3v) is 3.96. The molecule has 0 aromatic carbocycles. The van der Waals surface area contributed by atoms with Crippen LogP contribution in [0, 0.1) is 0 Å². The lowest BCUT2D eigenvalue weighted by Gasteiger charge is -2.18. The van der Waals surface area contributed by atoms with Crippen LogP contribution in [0.2, 0.25) is 0 Å². The van der Waals surface area contributed by atoms with Gasteiger partial charge in [0.25, 0.3) is 5.91 Å². The molecule has 1 N–H and O–H groups in total. The van der Waals surface area contributed by atoms with Crippen LogP contribution < -0.4 is 5.32 Å². The monoisotopic (exact) mass is 321 g/mol. The van der Waals surface area contributed by atoms with Gasteiger partial charge in [0.05, 0.1) is 13.0 Å². The molecular weight excluding hydrogens is 302 g/mol. The van der Waals surface area contributed by atoms with E-state index in [2.05, 4.69) is 10.3 Å². The zero-order valence-electron chi connectivity index (χ0n) is 12.7. The summed E-state index contributed by atoms with van der Waals surface area (Å²) in [6.45, 7) is 5.09. The van der Waals surface area contributed by atoms with Gasteiger partial charge in [-0.05, 0) is 25.3 Å². The molecule has 0 bridgehead atoms. The number of rotatable bonds is 7. The lowest BCUT2D eigenvalue weighted by molar-refractivity contribution is -0.131. The zero-order chi connectivity index (χ0) is 15.9. The van der Waals surface area contributed by atoms with Crippen molar-refractivity contribution < 1.29 is 14.0 Å². The summed E-state index contributed by atoms with van der Waals surface area (Å²) >= 11 is 1.56. The van der Waals surface area contributed by atoms with E-state index in [9.17, 15) is 9.59 Å². The first-order chi connectivity index (χ1) is 10.6. The average Bonchev–Trinajstić information content (AvgIpc) is 3.16. The second-order valence-corrected chi connectivity index (χ2v) is 5.68. The summed E-state index contributed by atoms with van der Waals surface area (Å²) in [7, 11) is 0. The molecule has 2 amide bonds. The third kappa shape index (κ3) is 4.17. The van der Waals surface area contributed by atoms with Crippen LogP contribution in [0.4, 0.5) is 0 Å². The molecule has 0 spiro atoms. The van der Waals surface area contributed by atoms with Gasteiger partial charge in [0.1, 0.15) is 6.26 Å². The Morgan fingerprint density at radius 3 is 2.86 bits per heavy atom. The maximum atomic E-state index is 12.3. The van der Waals surface area contributed by atoms with Gasteiger partial charge in [0, 0.05) is 18.0 Å². The molecule has 22 heavy (non-hydrogen) atoms. The molecule has 2 aromatic rings. The van der Waals surface area contributed by atoms with E-state index in [1.807, 2.05) is 31.4 Å². The fraction of sp³-hybridized carbons (Fsp3) is 0.400. The Bertz CT molecular complexity index is 622. The number of likely N-dealkylation sites (N-methyl/N-ethyl adjacent to an activating group) is 1. The molecule has 0 unspecified atom stereocenters. The fourth-order valence-electron chi connectivity index (χ4n) is 1.95. The van der Waals surface area contributed by atoms with Crippen molar-refractivity contribution in [3.8, 4) is 0 Å². The molecule has 2 heterocycles. The van der Waals surface area contributed by atoms with Crippen LogP contribution in [0.1, 0.15) is 35.1 Å². The number of thiophene rings is 1. The Morgan fingerprint density at radius 1 is 1.41 bits per heavy atom. The summed E-state index contributed by atoms with van der Waals surface area (Å²) in [4.78, 5) is 30.7. The van der Waals surface area contributed by atoms with Crippen molar-refractivity contribution in [1.29, 1.82) is 0 Å². The number of hydrogen-bond donors (Lipinski definition) is 1. The van der Waals surface area contributed by atoms with Crippen molar-refractivity contribution in [3.63, 3.8) is 0 Å². The van der Waals surface area contributed by atoms with E-state index in [1.54, 1.807) is 16.2 Å². The zero-order valence-corrected chi connectivity index (χ0v) is 13.5. The number of hydrogen-bond acceptors (Lipinski definition) is 5. The Labute approximate surface area is 133 Å². The number of carbonyl (C=O) groups is 2. The first-order valence-corrected chi connectivity index (χ1v) is 8.04. The third-order valence-electron chi connectivity index (χ3n) is 3.09. The highest BCUT2D eigenvalue weighted by molar-refractivity contribution is 7.10. The van der Waals surface area contributed by atoms with Crippen LogP contribution in [0.3, 0.4) is 0 Å². The lowest BCUT2D eigenvalue weighted by atomic mass is 10.3. The molecule has 0 atom stereocenters. The van der Waals surface area contributed by atoms with E-state index in [-0.39, 0.29) is 24.1 Å². The standard InChI is InChI=1S/C15H19N3O3S/c1-3-16-15(20)12-10-21-13(17-12)9-18(4-2)14(19)8-11-6-5-7-22-11/h5-7,10H,3-4,8-9H2,1-2H3,(H,16,20). The Kier molecular flexibility index (Phi) is 5.71. The number of carbonyl (C=O) groups excluding carboxylic acids is 2. The summed E-state index contributed by atoms with van der Waals surface area (Å²) in [5.74, 6) is 0.107. The topological polar surface area (TPSA) is 75.4 Å². The van der Waals surface area contributed by atoms with Crippen LogP contribution in [0.15, 0.2) is 28.2 Å². The predicted octanol–water partition coefficient (Wildman–Crippen LogP) is 2.08. The molecule has 0 saturated heterocycles. The van der Waals surface area contributed by atoms with E-state index in [0.29, 0.717) is 25.4 Å². The van der Waals surface area contributed by atoms with E-state index >= 15 is 0 Å². The van der Waals surface area contributed by atoms with Gasteiger partial charge in [-0.1, -0.05) is 6.07 Å². The van der Waals surface area contributed by atoms with Crippen LogP contribution >= 0.6 is 11.3 Å². The van der Waals surface area contributed by atoms with Crippen molar-refractivity contribution in [2.24, 2.45) is 0 Å². The van der Waals surface area contributed by atoms with Crippen molar-refractivity contribution in [1.82, 2.24) is 15.2 Å². The van der Waals surface area contributed by atoms with Gasteiger partial charge in [0.15, 0.2) is 5.69 Å². The molecule has 7 heteroatoms. The summed E-state index contributed by atoms with van der Waals surface area (Å²) < 4.78 is 5.29. The van der Waals surface area contributed by atoms with E-state index in [4.69, 9.17) is 4.42 Å². The number of nitrogens with zero attached hydrogens (tertiary/aromatic N) is 2. The highest BCUT2D eigenvalue weighted by Gasteiger charge is 2.17. The quantitative estimate of drug-likeness (QED) is 0.847. The number of aromatic nitrogens is 1. The molecule has 0 aliphatic rings. The molecule has 0 radical (unpaired) electrons.